The quantitative estimate of drug-likeness (QED) is 0.705. The van der Waals surface area contributed by atoms with Crippen LogP contribution in [0.2, 0.25) is 0 Å². The molecule has 1 heterocycles. The van der Waals surface area contributed by atoms with Crippen molar-refractivity contribution < 1.29 is 33.7 Å². The molecular formula is C21H33FO6. The molecule has 2 N–H and O–H groups in total. The lowest BCUT2D eigenvalue weighted by molar-refractivity contribution is -0.157. The highest BCUT2D eigenvalue weighted by molar-refractivity contribution is 5.91. The predicted octanol–water partition coefficient (Wildman–Crippen LogP) is 2.52. The standard InChI is InChI=1S/C21H33FO6/c1-4-15-12-14(2)17(23)9-7-5-6-8-16(10-11-22)28-19(25)13-18(24)21(27-3)20(15)26/h5-7,9,14-16,18,20-21,24,26H,4,8,10-13H2,1-3H3/t14-,15+,16+,18-,20+,21?/m1/s1. The van der Waals surface area contributed by atoms with Gasteiger partial charge in [-0.2, -0.15) is 0 Å². The summed E-state index contributed by atoms with van der Waals surface area (Å²) >= 11 is 0. The lowest BCUT2D eigenvalue weighted by atomic mass is 9.83. The molecule has 0 aromatic carbocycles. The molecule has 0 fully saturated rings. The van der Waals surface area contributed by atoms with Gasteiger partial charge in [0.2, 0.25) is 0 Å². The van der Waals surface area contributed by atoms with Gasteiger partial charge in [-0.1, -0.05) is 38.5 Å². The summed E-state index contributed by atoms with van der Waals surface area (Å²) in [4.78, 5) is 24.5. The second kappa shape index (κ2) is 12.8. The number of hydrogen-bond acceptors (Lipinski definition) is 6. The number of carbonyl (C=O) groups excluding carboxylic acids is 2. The molecule has 0 saturated heterocycles. The van der Waals surface area contributed by atoms with Gasteiger partial charge < -0.3 is 19.7 Å². The van der Waals surface area contributed by atoms with Gasteiger partial charge in [0.05, 0.1) is 25.3 Å². The molecule has 0 aromatic rings. The molecule has 160 valence electrons. The summed E-state index contributed by atoms with van der Waals surface area (Å²) in [5.74, 6) is -1.33. The van der Waals surface area contributed by atoms with Crippen LogP contribution in [0.4, 0.5) is 4.39 Å². The van der Waals surface area contributed by atoms with Crippen molar-refractivity contribution in [3.63, 3.8) is 0 Å². The van der Waals surface area contributed by atoms with Crippen LogP contribution in [0.5, 0.6) is 0 Å². The topological polar surface area (TPSA) is 93.1 Å². The van der Waals surface area contributed by atoms with Gasteiger partial charge in [0, 0.05) is 25.9 Å². The fourth-order valence-electron chi connectivity index (χ4n) is 3.40. The maximum atomic E-state index is 12.7. The average molecular weight is 400 g/mol. The van der Waals surface area contributed by atoms with Crippen molar-refractivity contribution in [2.24, 2.45) is 11.8 Å². The van der Waals surface area contributed by atoms with E-state index in [0.717, 1.165) is 0 Å². The minimum atomic E-state index is -1.28. The number of carbonyl (C=O) groups is 2. The maximum absolute atomic E-state index is 12.7. The van der Waals surface area contributed by atoms with E-state index in [1.54, 1.807) is 25.2 Å². The van der Waals surface area contributed by atoms with Crippen LogP contribution in [0.1, 0.15) is 46.0 Å². The first-order chi connectivity index (χ1) is 13.3. The van der Waals surface area contributed by atoms with Crippen molar-refractivity contribution in [1.82, 2.24) is 0 Å². The van der Waals surface area contributed by atoms with E-state index in [4.69, 9.17) is 9.47 Å². The zero-order chi connectivity index (χ0) is 21.1. The summed E-state index contributed by atoms with van der Waals surface area (Å²) < 4.78 is 23.3. The Morgan fingerprint density at radius 3 is 2.61 bits per heavy atom. The number of aliphatic hydroxyl groups excluding tert-OH is 2. The van der Waals surface area contributed by atoms with Crippen LogP contribution in [0.3, 0.4) is 0 Å². The zero-order valence-corrected chi connectivity index (χ0v) is 16.9. The molecule has 0 amide bonds. The number of ether oxygens (including phenoxy) is 2. The van der Waals surface area contributed by atoms with E-state index < -0.39 is 37.1 Å². The van der Waals surface area contributed by atoms with E-state index in [2.05, 4.69) is 0 Å². The lowest BCUT2D eigenvalue weighted by Gasteiger charge is -2.32. The number of allylic oxidation sites excluding steroid dienone is 3. The van der Waals surface area contributed by atoms with Crippen molar-refractivity contribution >= 4 is 11.8 Å². The number of esters is 1. The highest BCUT2D eigenvalue weighted by atomic mass is 19.1. The number of aliphatic hydroxyl groups is 2. The van der Waals surface area contributed by atoms with Gasteiger partial charge in [-0.25, -0.2) is 0 Å². The molecule has 0 aromatic heterocycles. The van der Waals surface area contributed by atoms with Crippen LogP contribution >= 0.6 is 0 Å². The first-order valence-electron chi connectivity index (χ1n) is 9.85. The van der Waals surface area contributed by atoms with E-state index >= 15 is 0 Å². The smallest absolute Gasteiger partial charge is 0.308 e. The number of cyclic esters (lactones) is 1. The van der Waals surface area contributed by atoms with E-state index in [9.17, 15) is 24.2 Å². The van der Waals surface area contributed by atoms with Crippen LogP contribution in [-0.2, 0) is 19.1 Å². The van der Waals surface area contributed by atoms with E-state index in [1.165, 1.54) is 13.2 Å². The molecular weight excluding hydrogens is 367 g/mol. The average Bonchev–Trinajstić information content (AvgIpc) is 2.64. The van der Waals surface area contributed by atoms with Gasteiger partial charge in [0.25, 0.3) is 0 Å². The first kappa shape index (κ1) is 24.5. The first-order valence-corrected chi connectivity index (χ1v) is 9.85. The SMILES string of the molecule is CC[C@H]1C[C@@H](C)C(=O)C=CC=CC[C@@H](CCF)OC(=O)C[C@@H](O)C(OC)[C@H]1O. The van der Waals surface area contributed by atoms with Gasteiger partial charge in [-0.3, -0.25) is 14.0 Å². The number of halogens is 1. The zero-order valence-electron chi connectivity index (χ0n) is 16.9. The fourth-order valence-corrected chi connectivity index (χ4v) is 3.40. The number of methoxy groups -OCH3 is 1. The van der Waals surface area contributed by atoms with Gasteiger partial charge in [-0.15, -0.1) is 0 Å². The van der Waals surface area contributed by atoms with Crippen LogP contribution in [0.25, 0.3) is 0 Å². The summed E-state index contributed by atoms with van der Waals surface area (Å²) in [6.45, 7) is 3.04. The third kappa shape index (κ3) is 7.81. The molecule has 6 nitrogen and oxygen atoms in total. The molecule has 7 heteroatoms. The van der Waals surface area contributed by atoms with Crippen molar-refractivity contribution in [2.75, 3.05) is 13.8 Å². The normalized spacial score (nSPS) is 33.6. The number of ketones is 1. The van der Waals surface area contributed by atoms with Crippen molar-refractivity contribution in [3.8, 4) is 0 Å². The Balaban J connectivity index is 3.08. The van der Waals surface area contributed by atoms with Gasteiger partial charge >= 0.3 is 5.97 Å². The number of hydrogen-bond donors (Lipinski definition) is 2. The Hall–Kier alpha value is -1.57. The summed E-state index contributed by atoms with van der Waals surface area (Å²) in [5.41, 5.74) is 0. The molecule has 1 aliphatic rings. The van der Waals surface area contributed by atoms with E-state index in [1.807, 2.05) is 6.92 Å². The fraction of sp³-hybridized carbons (Fsp3) is 0.714. The van der Waals surface area contributed by atoms with Gasteiger partial charge in [-0.05, 0) is 18.4 Å². The maximum Gasteiger partial charge on any atom is 0.308 e. The second-order valence-corrected chi connectivity index (χ2v) is 7.28. The Morgan fingerprint density at radius 1 is 1.29 bits per heavy atom. The third-order valence-electron chi connectivity index (χ3n) is 5.15. The molecule has 0 spiro atoms. The molecule has 0 bridgehead atoms. The van der Waals surface area contributed by atoms with Crippen molar-refractivity contribution in [3.05, 3.63) is 24.3 Å². The van der Waals surface area contributed by atoms with Crippen LogP contribution in [0, 0.1) is 11.8 Å². The van der Waals surface area contributed by atoms with Crippen LogP contribution < -0.4 is 0 Å². The molecule has 28 heavy (non-hydrogen) atoms. The molecule has 0 aliphatic carbocycles. The molecule has 1 aliphatic heterocycles. The van der Waals surface area contributed by atoms with Gasteiger partial charge in [0.15, 0.2) is 5.78 Å². The second-order valence-electron chi connectivity index (χ2n) is 7.28. The lowest BCUT2D eigenvalue weighted by Crippen LogP contribution is -2.45. The molecule has 1 rings (SSSR count). The number of rotatable bonds is 4. The highest BCUT2D eigenvalue weighted by Crippen LogP contribution is 2.26. The minimum Gasteiger partial charge on any atom is -0.462 e. The summed E-state index contributed by atoms with van der Waals surface area (Å²) in [5, 5.41) is 21.1. The Morgan fingerprint density at radius 2 is 2.00 bits per heavy atom. The van der Waals surface area contributed by atoms with Crippen LogP contribution in [0.15, 0.2) is 24.3 Å². The van der Waals surface area contributed by atoms with E-state index in [0.29, 0.717) is 19.3 Å². The monoisotopic (exact) mass is 400 g/mol. The van der Waals surface area contributed by atoms with Crippen molar-refractivity contribution in [1.29, 1.82) is 0 Å². The van der Waals surface area contributed by atoms with E-state index in [-0.39, 0.29) is 30.5 Å². The predicted molar refractivity (Wildman–Crippen MR) is 103 cm³/mol. The number of alkyl halides is 1. The largest absolute Gasteiger partial charge is 0.462 e. The highest BCUT2D eigenvalue weighted by Gasteiger charge is 2.35. The molecule has 1 unspecified atom stereocenters. The summed E-state index contributed by atoms with van der Waals surface area (Å²) in [6, 6.07) is 0. The molecule has 0 saturated carbocycles. The minimum absolute atomic E-state index is 0.0418. The van der Waals surface area contributed by atoms with Gasteiger partial charge in [0.1, 0.15) is 12.2 Å². The molecule has 0 radical (unpaired) electrons. The Labute approximate surface area is 166 Å². The Bertz CT molecular complexity index is 547. The molecule has 6 atom stereocenters. The summed E-state index contributed by atoms with van der Waals surface area (Å²) in [6.07, 6.45) is 3.45. The third-order valence-corrected chi connectivity index (χ3v) is 5.15. The van der Waals surface area contributed by atoms with Crippen LogP contribution in [-0.4, -0.2) is 60.2 Å². The Kier molecular flexibility index (Phi) is 11.2. The summed E-state index contributed by atoms with van der Waals surface area (Å²) in [7, 11) is 1.35. The van der Waals surface area contributed by atoms with Crippen molar-refractivity contribution in [2.45, 2.75) is 70.4 Å².